The first-order chi connectivity index (χ1) is 18.3. The highest BCUT2D eigenvalue weighted by molar-refractivity contribution is 8.18. The number of rotatable bonds is 7. The Labute approximate surface area is 226 Å². The van der Waals surface area contributed by atoms with Crippen LogP contribution in [0.3, 0.4) is 0 Å². The molecular weight excluding hydrogens is 494 g/mol. The van der Waals surface area contributed by atoms with Gasteiger partial charge in [-0.05, 0) is 60.0 Å². The van der Waals surface area contributed by atoms with E-state index in [0.717, 1.165) is 38.8 Å². The second kappa shape index (κ2) is 10.7. The molecule has 0 radical (unpaired) electrons. The molecule has 3 aromatic carbocycles. The third kappa shape index (κ3) is 5.15. The SMILES string of the molecule is Cc1c(/C=C2\SC(=O)N(CC(=O)Nc3ccc(C(C)C)cc3)C2=O)c2ccccc2n1Cc1ccccc1. The Morgan fingerprint density at radius 2 is 1.63 bits per heavy atom. The molecule has 0 saturated carbocycles. The van der Waals surface area contributed by atoms with Crippen LogP contribution < -0.4 is 5.32 Å². The fraction of sp³-hybridized carbons (Fsp3) is 0.194. The minimum Gasteiger partial charge on any atom is -0.340 e. The molecule has 2 heterocycles. The van der Waals surface area contributed by atoms with E-state index in [4.69, 9.17) is 0 Å². The van der Waals surface area contributed by atoms with E-state index in [1.807, 2.05) is 67.6 Å². The fourth-order valence-corrected chi connectivity index (χ4v) is 5.49. The number of nitrogens with one attached hydrogen (secondary N) is 1. The van der Waals surface area contributed by atoms with Crippen LogP contribution in [0, 0.1) is 6.92 Å². The van der Waals surface area contributed by atoms with E-state index < -0.39 is 17.1 Å². The summed E-state index contributed by atoms with van der Waals surface area (Å²) in [7, 11) is 0. The van der Waals surface area contributed by atoms with Gasteiger partial charge in [0, 0.05) is 34.4 Å². The number of amides is 3. The van der Waals surface area contributed by atoms with Crippen molar-refractivity contribution in [3.63, 3.8) is 0 Å². The van der Waals surface area contributed by atoms with Crippen LogP contribution >= 0.6 is 11.8 Å². The number of nitrogens with zero attached hydrogens (tertiary/aromatic N) is 2. The Morgan fingerprint density at radius 1 is 0.947 bits per heavy atom. The van der Waals surface area contributed by atoms with Crippen molar-refractivity contribution in [1.82, 2.24) is 9.47 Å². The molecule has 6 nitrogen and oxygen atoms in total. The maximum absolute atomic E-state index is 13.2. The van der Waals surface area contributed by atoms with Crippen molar-refractivity contribution in [1.29, 1.82) is 0 Å². The van der Waals surface area contributed by atoms with Crippen molar-refractivity contribution in [2.45, 2.75) is 33.2 Å². The molecule has 0 unspecified atom stereocenters. The molecule has 5 rings (SSSR count). The van der Waals surface area contributed by atoms with Crippen LogP contribution in [0.1, 0.15) is 42.1 Å². The number of para-hydroxylation sites is 1. The summed E-state index contributed by atoms with van der Waals surface area (Å²) in [5, 5.41) is 3.35. The zero-order valence-corrected chi connectivity index (χ0v) is 22.4. The quantitative estimate of drug-likeness (QED) is 0.271. The van der Waals surface area contributed by atoms with Gasteiger partial charge in [0.15, 0.2) is 0 Å². The molecule has 0 aliphatic carbocycles. The average molecular weight is 524 g/mol. The lowest BCUT2D eigenvalue weighted by Gasteiger charge is -2.13. The number of anilines is 1. The lowest BCUT2D eigenvalue weighted by atomic mass is 10.0. The summed E-state index contributed by atoms with van der Waals surface area (Å²) in [5.41, 5.74) is 5.93. The highest BCUT2D eigenvalue weighted by Gasteiger charge is 2.36. The summed E-state index contributed by atoms with van der Waals surface area (Å²) in [4.78, 5) is 39.9. The predicted molar refractivity (Wildman–Crippen MR) is 154 cm³/mol. The van der Waals surface area contributed by atoms with Gasteiger partial charge in [-0.3, -0.25) is 19.3 Å². The Morgan fingerprint density at radius 3 is 2.34 bits per heavy atom. The zero-order valence-electron chi connectivity index (χ0n) is 21.6. The number of carbonyl (C=O) groups is 3. The van der Waals surface area contributed by atoms with Crippen molar-refractivity contribution >= 4 is 51.5 Å². The Balaban J connectivity index is 1.37. The Kier molecular flexibility index (Phi) is 7.20. The second-order valence-corrected chi connectivity index (χ2v) is 10.7. The molecule has 1 saturated heterocycles. The van der Waals surface area contributed by atoms with Gasteiger partial charge in [0.2, 0.25) is 5.91 Å². The van der Waals surface area contributed by atoms with E-state index in [1.165, 1.54) is 11.1 Å². The van der Waals surface area contributed by atoms with Crippen molar-refractivity contribution in [2.24, 2.45) is 0 Å². The van der Waals surface area contributed by atoms with Gasteiger partial charge in [0.1, 0.15) is 6.54 Å². The second-order valence-electron chi connectivity index (χ2n) is 9.68. The zero-order chi connectivity index (χ0) is 26.8. The number of hydrogen-bond acceptors (Lipinski definition) is 4. The molecule has 0 spiro atoms. The third-order valence-corrected chi connectivity index (χ3v) is 7.68. The van der Waals surface area contributed by atoms with Crippen LogP contribution in [0.4, 0.5) is 10.5 Å². The molecule has 1 aromatic heterocycles. The van der Waals surface area contributed by atoms with Crippen LogP contribution in [0.5, 0.6) is 0 Å². The van der Waals surface area contributed by atoms with E-state index in [-0.39, 0.29) is 6.54 Å². The maximum Gasteiger partial charge on any atom is 0.294 e. The van der Waals surface area contributed by atoms with Gasteiger partial charge in [0.05, 0.1) is 4.91 Å². The van der Waals surface area contributed by atoms with Crippen molar-refractivity contribution < 1.29 is 14.4 Å². The van der Waals surface area contributed by atoms with Crippen molar-refractivity contribution in [3.05, 3.63) is 106 Å². The number of aromatic nitrogens is 1. The monoisotopic (exact) mass is 523 g/mol. The normalized spacial score (nSPS) is 14.7. The molecule has 3 amide bonds. The number of thioether (sulfide) groups is 1. The van der Waals surface area contributed by atoms with Crippen LogP contribution in [0.2, 0.25) is 0 Å². The first-order valence-electron chi connectivity index (χ1n) is 12.6. The summed E-state index contributed by atoms with van der Waals surface area (Å²) < 4.78 is 2.22. The van der Waals surface area contributed by atoms with E-state index in [0.29, 0.717) is 23.1 Å². The number of fused-ring (bicyclic) bond motifs is 1. The smallest absolute Gasteiger partial charge is 0.294 e. The van der Waals surface area contributed by atoms with Crippen LogP contribution in [0.15, 0.2) is 83.8 Å². The number of carbonyl (C=O) groups excluding carboxylic acids is 3. The highest BCUT2D eigenvalue weighted by Crippen LogP contribution is 2.36. The summed E-state index contributed by atoms with van der Waals surface area (Å²) >= 11 is 0.870. The molecule has 1 aliphatic heterocycles. The maximum atomic E-state index is 13.2. The molecule has 1 N–H and O–H groups in total. The molecule has 38 heavy (non-hydrogen) atoms. The minimum atomic E-state index is -0.454. The Hall–Kier alpha value is -4.10. The highest BCUT2D eigenvalue weighted by atomic mass is 32.2. The van der Waals surface area contributed by atoms with Crippen molar-refractivity contribution in [2.75, 3.05) is 11.9 Å². The number of imide groups is 1. The van der Waals surface area contributed by atoms with Gasteiger partial charge < -0.3 is 9.88 Å². The van der Waals surface area contributed by atoms with E-state index in [2.05, 4.69) is 41.9 Å². The average Bonchev–Trinajstić information content (AvgIpc) is 3.32. The predicted octanol–water partition coefficient (Wildman–Crippen LogP) is 6.80. The van der Waals surface area contributed by atoms with E-state index in [9.17, 15) is 14.4 Å². The van der Waals surface area contributed by atoms with Gasteiger partial charge in [-0.2, -0.15) is 0 Å². The molecule has 1 fully saturated rings. The standard InChI is InChI=1S/C31H29N3O3S/c1-20(2)23-13-15-24(16-14-23)32-29(35)19-34-30(36)28(38-31(34)37)17-26-21(3)33(18-22-9-5-4-6-10-22)27-12-8-7-11-25(26)27/h4-17,20H,18-19H2,1-3H3,(H,32,35)/b28-17-. The first kappa shape index (κ1) is 25.5. The summed E-state index contributed by atoms with van der Waals surface area (Å²) in [6, 6.07) is 25.8. The molecule has 0 bridgehead atoms. The number of benzene rings is 3. The lowest BCUT2D eigenvalue weighted by molar-refractivity contribution is -0.127. The molecule has 1 aliphatic rings. The molecule has 4 aromatic rings. The largest absolute Gasteiger partial charge is 0.340 e. The summed E-state index contributed by atoms with van der Waals surface area (Å²) in [6.07, 6.45) is 1.78. The molecule has 7 heteroatoms. The van der Waals surface area contributed by atoms with Gasteiger partial charge in [0.25, 0.3) is 11.1 Å². The van der Waals surface area contributed by atoms with Crippen LogP contribution in [-0.4, -0.2) is 33.1 Å². The lowest BCUT2D eigenvalue weighted by Crippen LogP contribution is -2.36. The van der Waals surface area contributed by atoms with Crippen molar-refractivity contribution in [3.8, 4) is 0 Å². The topological polar surface area (TPSA) is 71.4 Å². The number of hydrogen-bond donors (Lipinski definition) is 1. The summed E-state index contributed by atoms with van der Waals surface area (Å²) in [6.45, 7) is 6.59. The van der Waals surface area contributed by atoms with Gasteiger partial charge in [-0.1, -0.05) is 74.5 Å². The van der Waals surface area contributed by atoms with Gasteiger partial charge >= 0.3 is 0 Å². The molecule has 192 valence electrons. The third-order valence-electron chi connectivity index (χ3n) is 6.78. The minimum absolute atomic E-state index is 0.315. The fourth-order valence-electron chi connectivity index (χ4n) is 4.67. The first-order valence-corrected chi connectivity index (χ1v) is 13.4. The van der Waals surface area contributed by atoms with E-state index in [1.54, 1.807) is 6.08 Å². The van der Waals surface area contributed by atoms with Crippen LogP contribution in [-0.2, 0) is 16.1 Å². The summed E-state index contributed by atoms with van der Waals surface area (Å²) in [5.74, 6) is -0.482. The van der Waals surface area contributed by atoms with E-state index >= 15 is 0 Å². The molecule has 0 atom stereocenters. The van der Waals surface area contributed by atoms with Gasteiger partial charge in [-0.25, -0.2) is 0 Å². The Bertz CT molecular complexity index is 1550. The van der Waals surface area contributed by atoms with Gasteiger partial charge in [-0.15, -0.1) is 0 Å². The van der Waals surface area contributed by atoms with Crippen LogP contribution in [0.25, 0.3) is 17.0 Å². The molecular formula is C31H29N3O3S.